The van der Waals surface area contributed by atoms with Gasteiger partial charge in [0.2, 0.25) is 0 Å². The van der Waals surface area contributed by atoms with Gasteiger partial charge in [-0.25, -0.2) is 8.42 Å². The van der Waals surface area contributed by atoms with E-state index >= 15 is 0 Å². The minimum atomic E-state index is -3.53. The zero-order valence-electron chi connectivity index (χ0n) is 9.51. The predicted octanol–water partition coefficient (Wildman–Crippen LogP) is 2.01. The highest BCUT2D eigenvalue weighted by Crippen LogP contribution is 2.23. The topological polar surface area (TPSA) is 66.7 Å². The van der Waals surface area contributed by atoms with Crippen LogP contribution in [0.25, 0.3) is 0 Å². The Labute approximate surface area is 95.5 Å². The van der Waals surface area contributed by atoms with Gasteiger partial charge in [-0.1, -0.05) is 17.7 Å². The maximum atomic E-state index is 12.2. The first-order chi connectivity index (χ1) is 7.31. The molecule has 0 saturated carbocycles. The Hall–Kier alpha value is -1.36. The molecule has 0 aliphatic carbocycles. The van der Waals surface area contributed by atoms with Crippen molar-refractivity contribution in [3.63, 3.8) is 0 Å². The van der Waals surface area contributed by atoms with Crippen LogP contribution in [0.15, 0.2) is 34.3 Å². The lowest BCUT2D eigenvalue weighted by Gasteiger charge is -2.19. The van der Waals surface area contributed by atoms with Crippen LogP contribution < -0.4 is 0 Å². The number of hydrogen-bond acceptors (Lipinski definition) is 4. The van der Waals surface area contributed by atoms with E-state index in [1.54, 1.807) is 24.3 Å². The molecule has 5 heteroatoms. The molecule has 16 heavy (non-hydrogen) atoms. The van der Waals surface area contributed by atoms with Gasteiger partial charge >= 0.3 is 0 Å². The largest absolute Gasteiger partial charge is 0.411 e. The molecule has 0 fully saturated rings. The second kappa shape index (κ2) is 4.25. The minimum Gasteiger partial charge on any atom is -0.411 e. The number of hydrogen-bond donors (Lipinski definition) is 1. The summed E-state index contributed by atoms with van der Waals surface area (Å²) in [6.45, 7) is 4.86. The highest BCUT2D eigenvalue weighted by molar-refractivity contribution is 7.93. The molecule has 1 rings (SSSR count). The molecular formula is C11H15NO3S. The van der Waals surface area contributed by atoms with Gasteiger partial charge in [-0.05, 0) is 32.9 Å². The van der Waals surface area contributed by atoms with E-state index < -0.39 is 14.6 Å². The van der Waals surface area contributed by atoms with E-state index in [4.69, 9.17) is 5.21 Å². The highest BCUT2D eigenvalue weighted by Gasteiger charge is 2.34. The van der Waals surface area contributed by atoms with Gasteiger partial charge in [0.25, 0.3) is 0 Å². The molecule has 4 nitrogen and oxygen atoms in total. The second-order valence-corrected chi connectivity index (χ2v) is 6.69. The molecule has 0 aromatic heterocycles. The zero-order valence-corrected chi connectivity index (χ0v) is 10.3. The SMILES string of the molecule is Cc1ccc(S(=O)(=O)C(C)(C)/C=N/O)cc1. The molecule has 1 N–H and O–H groups in total. The summed E-state index contributed by atoms with van der Waals surface area (Å²) in [6.07, 6.45) is 1.02. The number of aryl methyl sites for hydroxylation is 1. The Balaban J connectivity index is 3.27. The number of rotatable bonds is 3. The van der Waals surface area contributed by atoms with Crippen LogP contribution in [-0.4, -0.2) is 24.6 Å². The summed E-state index contributed by atoms with van der Waals surface area (Å²) >= 11 is 0. The lowest BCUT2D eigenvalue weighted by Crippen LogP contribution is -2.33. The minimum absolute atomic E-state index is 0.225. The van der Waals surface area contributed by atoms with Crippen molar-refractivity contribution >= 4 is 16.1 Å². The van der Waals surface area contributed by atoms with Crippen LogP contribution in [0.4, 0.5) is 0 Å². The summed E-state index contributed by atoms with van der Waals surface area (Å²) in [6, 6.07) is 6.58. The van der Waals surface area contributed by atoms with Crippen LogP contribution in [0.5, 0.6) is 0 Å². The molecule has 0 saturated heterocycles. The van der Waals surface area contributed by atoms with Crippen molar-refractivity contribution in [3.05, 3.63) is 29.8 Å². The zero-order chi connectivity index (χ0) is 12.4. The molecule has 0 radical (unpaired) electrons. The third kappa shape index (κ3) is 2.24. The predicted molar refractivity (Wildman–Crippen MR) is 62.7 cm³/mol. The summed E-state index contributed by atoms with van der Waals surface area (Å²) in [5.41, 5.74) is 0.993. The maximum absolute atomic E-state index is 12.2. The molecule has 0 aliphatic heterocycles. The molecule has 0 heterocycles. The van der Waals surface area contributed by atoms with Crippen molar-refractivity contribution in [2.45, 2.75) is 30.4 Å². The van der Waals surface area contributed by atoms with Crippen LogP contribution >= 0.6 is 0 Å². The van der Waals surface area contributed by atoms with Crippen molar-refractivity contribution in [1.82, 2.24) is 0 Å². The Morgan fingerprint density at radius 3 is 2.19 bits per heavy atom. The fourth-order valence-corrected chi connectivity index (χ4v) is 2.52. The average Bonchev–Trinajstić information content (AvgIpc) is 2.18. The van der Waals surface area contributed by atoms with E-state index in [-0.39, 0.29) is 4.90 Å². The highest BCUT2D eigenvalue weighted by atomic mass is 32.2. The number of nitrogens with zero attached hydrogens (tertiary/aromatic N) is 1. The maximum Gasteiger partial charge on any atom is 0.188 e. The molecule has 0 bridgehead atoms. The first-order valence-electron chi connectivity index (χ1n) is 4.81. The summed E-state index contributed by atoms with van der Waals surface area (Å²) in [7, 11) is -3.53. The summed E-state index contributed by atoms with van der Waals surface area (Å²) in [5.74, 6) is 0. The van der Waals surface area contributed by atoms with E-state index in [2.05, 4.69) is 5.16 Å². The number of oxime groups is 1. The van der Waals surface area contributed by atoms with Gasteiger partial charge in [0.05, 0.1) is 11.1 Å². The molecule has 88 valence electrons. The van der Waals surface area contributed by atoms with Gasteiger partial charge < -0.3 is 5.21 Å². The molecule has 0 aliphatic rings. The van der Waals surface area contributed by atoms with Gasteiger partial charge in [-0.2, -0.15) is 0 Å². The Morgan fingerprint density at radius 2 is 1.75 bits per heavy atom. The van der Waals surface area contributed by atoms with Crippen LogP contribution in [0.1, 0.15) is 19.4 Å². The second-order valence-electron chi connectivity index (χ2n) is 4.16. The van der Waals surface area contributed by atoms with E-state index in [0.717, 1.165) is 11.8 Å². The standard InChI is InChI=1S/C11H15NO3S/c1-9-4-6-10(7-5-9)16(14,15)11(2,3)8-12-13/h4-8,13H,1-3H3/b12-8+. The first-order valence-corrected chi connectivity index (χ1v) is 6.29. The third-order valence-electron chi connectivity index (χ3n) is 2.39. The number of sulfone groups is 1. The van der Waals surface area contributed by atoms with Crippen molar-refractivity contribution in [2.24, 2.45) is 5.16 Å². The lowest BCUT2D eigenvalue weighted by atomic mass is 10.2. The van der Waals surface area contributed by atoms with Crippen molar-refractivity contribution in [1.29, 1.82) is 0 Å². The average molecular weight is 241 g/mol. The Morgan fingerprint density at radius 1 is 1.25 bits per heavy atom. The lowest BCUT2D eigenvalue weighted by molar-refractivity contribution is 0.319. The third-order valence-corrected chi connectivity index (χ3v) is 4.78. The van der Waals surface area contributed by atoms with Crippen LogP contribution in [0, 0.1) is 6.92 Å². The van der Waals surface area contributed by atoms with Gasteiger partial charge in [0.1, 0.15) is 4.75 Å². The van der Waals surface area contributed by atoms with Crippen LogP contribution in [-0.2, 0) is 9.84 Å². The first kappa shape index (κ1) is 12.7. The fourth-order valence-electron chi connectivity index (χ4n) is 1.23. The summed E-state index contributed by atoms with van der Waals surface area (Å²) in [4.78, 5) is 0.225. The van der Waals surface area contributed by atoms with E-state index in [0.29, 0.717) is 0 Å². The van der Waals surface area contributed by atoms with Crippen molar-refractivity contribution in [2.75, 3.05) is 0 Å². The summed E-state index contributed by atoms with van der Waals surface area (Å²) in [5, 5.41) is 11.3. The molecule has 0 atom stereocenters. The molecule has 0 spiro atoms. The van der Waals surface area contributed by atoms with Gasteiger partial charge in [-0.15, -0.1) is 5.16 Å². The quantitative estimate of drug-likeness (QED) is 0.500. The van der Waals surface area contributed by atoms with E-state index in [1.165, 1.54) is 13.8 Å². The number of benzene rings is 1. The molecular weight excluding hydrogens is 226 g/mol. The molecule has 1 aromatic carbocycles. The molecule has 1 aromatic rings. The van der Waals surface area contributed by atoms with Gasteiger partial charge in [-0.3, -0.25) is 0 Å². The van der Waals surface area contributed by atoms with Crippen LogP contribution in [0.3, 0.4) is 0 Å². The Kier molecular flexibility index (Phi) is 3.38. The van der Waals surface area contributed by atoms with Crippen molar-refractivity contribution in [3.8, 4) is 0 Å². The molecule has 0 amide bonds. The van der Waals surface area contributed by atoms with E-state index in [9.17, 15) is 8.42 Å². The van der Waals surface area contributed by atoms with Crippen molar-refractivity contribution < 1.29 is 13.6 Å². The van der Waals surface area contributed by atoms with E-state index in [1.807, 2.05) is 6.92 Å². The fraction of sp³-hybridized carbons (Fsp3) is 0.364. The smallest absolute Gasteiger partial charge is 0.188 e. The normalized spacial score (nSPS) is 13.2. The monoisotopic (exact) mass is 241 g/mol. The van der Waals surface area contributed by atoms with Gasteiger partial charge in [0.15, 0.2) is 9.84 Å². The summed E-state index contributed by atoms with van der Waals surface area (Å²) < 4.78 is 23.1. The molecule has 0 unspecified atom stereocenters. The van der Waals surface area contributed by atoms with Gasteiger partial charge in [0, 0.05) is 0 Å². The Bertz CT molecular complexity index is 486. The van der Waals surface area contributed by atoms with Crippen LogP contribution in [0.2, 0.25) is 0 Å².